The van der Waals surface area contributed by atoms with Gasteiger partial charge in [-0.1, -0.05) is 6.07 Å². The van der Waals surface area contributed by atoms with Crippen LogP contribution < -0.4 is 10.1 Å². The molecule has 0 aromatic heterocycles. The molecule has 0 radical (unpaired) electrons. The van der Waals surface area contributed by atoms with Gasteiger partial charge in [0.1, 0.15) is 5.75 Å². The predicted molar refractivity (Wildman–Crippen MR) is 95.5 cm³/mol. The highest BCUT2D eigenvalue weighted by molar-refractivity contribution is 14.1. The molecule has 0 unspecified atom stereocenters. The Labute approximate surface area is 147 Å². The molecule has 0 saturated carbocycles. The van der Waals surface area contributed by atoms with Crippen LogP contribution in [0.3, 0.4) is 0 Å². The molecule has 0 saturated heterocycles. The molecule has 3 rings (SSSR count). The summed E-state index contributed by atoms with van der Waals surface area (Å²) in [7, 11) is 1.76. The molecule has 0 fully saturated rings. The maximum atomic E-state index is 11.9. The fourth-order valence-electron chi connectivity index (χ4n) is 2.44. The summed E-state index contributed by atoms with van der Waals surface area (Å²) in [6, 6.07) is 12.8. The minimum atomic E-state index is -0.222. The highest BCUT2D eigenvalue weighted by Crippen LogP contribution is 2.25. The molecule has 5 nitrogen and oxygen atoms in total. The van der Waals surface area contributed by atoms with Crippen LogP contribution >= 0.6 is 22.6 Å². The number of benzene rings is 2. The number of carbonyl (C=O) groups is 2. The van der Waals surface area contributed by atoms with Gasteiger partial charge in [-0.25, -0.2) is 0 Å². The first kappa shape index (κ1) is 15.8. The molecule has 0 spiro atoms. The summed E-state index contributed by atoms with van der Waals surface area (Å²) in [4.78, 5) is 25.4. The monoisotopic (exact) mass is 422 g/mol. The van der Waals surface area contributed by atoms with Gasteiger partial charge in [-0.2, -0.15) is 0 Å². The average molecular weight is 422 g/mol. The Hall–Kier alpha value is -2.09. The Morgan fingerprint density at radius 3 is 2.91 bits per heavy atom. The van der Waals surface area contributed by atoms with Crippen LogP contribution in [0.2, 0.25) is 0 Å². The highest BCUT2D eigenvalue weighted by Gasteiger charge is 2.24. The molecule has 2 aromatic rings. The molecule has 0 atom stereocenters. The van der Waals surface area contributed by atoms with Gasteiger partial charge in [0.15, 0.2) is 6.61 Å². The number of rotatable bonds is 4. The molecule has 2 amide bonds. The van der Waals surface area contributed by atoms with Crippen molar-refractivity contribution in [2.24, 2.45) is 0 Å². The van der Waals surface area contributed by atoms with Crippen LogP contribution in [0.5, 0.6) is 5.75 Å². The predicted octanol–water partition coefficient (Wildman–Crippen LogP) is 2.89. The minimum absolute atomic E-state index is 0.0166. The van der Waals surface area contributed by atoms with Crippen LogP contribution in [0.1, 0.15) is 15.9 Å². The van der Waals surface area contributed by atoms with E-state index in [-0.39, 0.29) is 18.4 Å². The van der Waals surface area contributed by atoms with Crippen molar-refractivity contribution in [2.45, 2.75) is 6.54 Å². The molecule has 1 aliphatic rings. The van der Waals surface area contributed by atoms with Crippen molar-refractivity contribution < 1.29 is 14.3 Å². The van der Waals surface area contributed by atoms with Gasteiger partial charge in [0.25, 0.3) is 11.8 Å². The third-order valence-corrected chi connectivity index (χ3v) is 4.21. The van der Waals surface area contributed by atoms with E-state index in [4.69, 9.17) is 4.74 Å². The van der Waals surface area contributed by atoms with Crippen LogP contribution in [0.25, 0.3) is 0 Å². The molecule has 6 heteroatoms. The quantitative estimate of drug-likeness (QED) is 0.772. The first-order valence-corrected chi connectivity index (χ1v) is 8.17. The van der Waals surface area contributed by atoms with Gasteiger partial charge in [-0.15, -0.1) is 0 Å². The van der Waals surface area contributed by atoms with Crippen molar-refractivity contribution in [1.29, 1.82) is 0 Å². The summed E-state index contributed by atoms with van der Waals surface area (Å²) in [5, 5.41) is 2.79. The van der Waals surface area contributed by atoms with Crippen molar-refractivity contribution in [1.82, 2.24) is 4.90 Å². The molecule has 23 heavy (non-hydrogen) atoms. The second-order valence-electron chi connectivity index (χ2n) is 5.33. The second-order valence-corrected chi connectivity index (χ2v) is 6.57. The van der Waals surface area contributed by atoms with Crippen LogP contribution in [-0.4, -0.2) is 30.4 Å². The van der Waals surface area contributed by atoms with E-state index < -0.39 is 0 Å². The average Bonchev–Trinajstić information content (AvgIpc) is 2.80. The van der Waals surface area contributed by atoms with Gasteiger partial charge in [0, 0.05) is 28.4 Å². The molecule has 0 bridgehead atoms. The summed E-state index contributed by atoms with van der Waals surface area (Å²) in [6.07, 6.45) is 0. The van der Waals surface area contributed by atoms with Gasteiger partial charge in [-0.05, 0) is 64.6 Å². The highest BCUT2D eigenvalue weighted by atomic mass is 127. The third-order valence-electron chi connectivity index (χ3n) is 3.54. The lowest BCUT2D eigenvalue weighted by Crippen LogP contribution is -2.20. The zero-order valence-corrected chi connectivity index (χ0v) is 14.7. The van der Waals surface area contributed by atoms with E-state index in [1.165, 1.54) is 0 Å². The lowest BCUT2D eigenvalue weighted by atomic mass is 10.1. The van der Waals surface area contributed by atoms with Crippen LogP contribution in [0.15, 0.2) is 42.5 Å². The van der Waals surface area contributed by atoms with Gasteiger partial charge in [0.05, 0.1) is 0 Å². The molecule has 118 valence electrons. The number of hydrogen-bond donors (Lipinski definition) is 1. The summed E-state index contributed by atoms with van der Waals surface area (Å²) in [5.74, 6) is 0.383. The summed E-state index contributed by atoms with van der Waals surface area (Å²) in [6.45, 7) is 0.494. The molecule has 1 aliphatic heterocycles. The Balaban J connectivity index is 1.60. The first-order valence-electron chi connectivity index (χ1n) is 7.09. The number of amides is 2. The van der Waals surface area contributed by atoms with E-state index >= 15 is 0 Å². The smallest absolute Gasteiger partial charge is 0.262 e. The molecule has 1 heterocycles. The summed E-state index contributed by atoms with van der Waals surface area (Å²) < 4.78 is 6.57. The third kappa shape index (κ3) is 3.64. The van der Waals surface area contributed by atoms with Gasteiger partial charge >= 0.3 is 0 Å². The zero-order valence-electron chi connectivity index (χ0n) is 12.5. The number of halogens is 1. The van der Waals surface area contributed by atoms with Gasteiger partial charge in [-0.3, -0.25) is 9.59 Å². The van der Waals surface area contributed by atoms with Crippen molar-refractivity contribution in [3.63, 3.8) is 0 Å². The number of carbonyl (C=O) groups excluding carboxylic acids is 2. The summed E-state index contributed by atoms with van der Waals surface area (Å²) in [5.41, 5.74) is 2.36. The van der Waals surface area contributed by atoms with E-state index in [0.29, 0.717) is 17.9 Å². The van der Waals surface area contributed by atoms with E-state index in [1.54, 1.807) is 24.1 Å². The fraction of sp³-hybridized carbons (Fsp3) is 0.176. The maximum Gasteiger partial charge on any atom is 0.262 e. The Morgan fingerprint density at radius 1 is 1.30 bits per heavy atom. The molecule has 2 aromatic carbocycles. The number of anilines is 1. The number of nitrogens with zero attached hydrogens (tertiary/aromatic N) is 1. The molecular weight excluding hydrogens is 407 g/mol. The Bertz CT molecular complexity index is 776. The van der Waals surface area contributed by atoms with Gasteiger partial charge in [0.2, 0.25) is 0 Å². The summed E-state index contributed by atoms with van der Waals surface area (Å²) >= 11 is 2.19. The lowest BCUT2D eigenvalue weighted by molar-refractivity contribution is -0.118. The van der Waals surface area contributed by atoms with Crippen molar-refractivity contribution in [2.75, 3.05) is 19.0 Å². The van der Waals surface area contributed by atoms with E-state index in [2.05, 4.69) is 27.9 Å². The van der Waals surface area contributed by atoms with Crippen molar-refractivity contribution in [3.05, 3.63) is 57.2 Å². The number of nitrogens with one attached hydrogen (secondary N) is 1. The number of ether oxygens (including phenoxy) is 1. The molecule has 0 aliphatic carbocycles. The van der Waals surface area contributed by atoms with Crippen molar-refractivity contribution >= 4 is 40.1 Å². The first-order chi connectivity index (χ1) is 11.0. The van der Waals surface area contributed by atoms with E-state index in [1.807, 2.05) is 30.3 Å². The zero-order chi connectivity index (χ0) is 16.4. The van der Waals surface area contributed by atoms with Crippen LogP contribution in [0.4, 0.5) is 5.69 Å². The molecular formula is C17H15IN2O3. The van der Waals surface area contributed by atoms with Gasteiger partial charge < -0.3 is 15.0 Å². The number of fused-ring (bicyclic) bond motifs is 1. The Morgan fingerprint density at radius 2 is 2.13 bits per heavy atom. The SMILES string of the molecule is CN1Cc2cc(OCC(=O)Nc3cccc(I)c3)ccc2C1=O. The van der Waals surface area contributed by atoms with Crippen LogP contribution in [-0.2, 0) is 11.3 Å². The normalized spacial score (nSPS) is 13.0. The fourth-order valence-corrected chi connectivity index (χ4v) is 2.99. The van der Waals surface area contributed by atoms with Crippen molar-refractivity contribution in [3.8, 4) is 5.75 Å². The largest absolute Gasteiger partial charge is 0.484 e. The van der Waals surface area contributed by atoms with E-state index in [9.17, 15) is 9.59 Å². The standard InChI is InChI=1S/C17H15IN2O3/c1-20-9-11-7-14(5-6-15(11)17(20)22)23-10-16(21)19-13-4-2-3-12(18)8-13/h2-8H,9-10H2,1H3,(H,19,21). The number of hydrogen-bond acceptors (Lipinski definition) is 3. The van der Waals surface area contributed by atoms with E-state index in [0.717, 1.165) is 14.8 Å². The molecule has 1 N–H and O–H groups in total. The topological polar surface area (TPSA) is 58.6 Å². The lowest BCUT2D eigenvalue weighted by Gasteiger charge is -2.08. The minimum Gasteiger partial charge on any atom is -0.484 e. The van der Waals surface area contributed by atoms with Crippen LogP contribution in [0, 0.1) is 3.57 Å². The second kappa shape index (κ2) is 6.57. The Kier molecular flexibility index (Phi) is 4.51. The maximum absolute atomic E-state index is 11.9.